The highest BCUT2D eigenvalue weighted by Gasteiger charge is 2.07. The zero-order chi connectivity index (χ0) is 15.4. The average Bonchev–Trinajstić information content (AvgIpc) is 2.92. The van der Waals surface area contributed by atoms with Crippen LogP contribution in [0.15, 0.2) is 33.9 Å². The predicted octanol–water partition coefficient (Wildman–Crippen LogP) is 5.60. The van der Waals surface area contributed by atoms with Crippen molar-refractivity contribution in [2.75, 3.05) is 5.75 Å². The first-order chi connectivity index (χ1) is 9.71. The van der Waals surface area contributed by atoms with E-state index in [4.69, 9.17) is 4.42 Å². The molecule has 3 nitrogen and oxygen atoms in total. The molecule has 1 aromatic heterocycles. The summed E-state index contributed by atoms with van der Waals surface area (Å²) in [6.45, 7) is 12.4. The van der Waals surface area contributed by atoms with Crippen LogP contribution in [-0.4, -0.2) is 16.0 Å². The van der Waals surface area contributed by atoms with Crippen LogP contribution in [0.5, 0.6) is 0 Å². The number of rotatable bonds is 3. The second-order valence-electron chi connectivity index (χ2n) is 3.88. The van der Waals surface area contributed by atoms with Gasteiger partial charge in [-0.25, -0.2) is 0 Å². The molecule has 4 heteroatoms. The first-order valence-corrected chi connectivity index (χ1v) is 8.23. The first kappa shape index (κ1) is 18.7. The summed E-state index contributed by atoms with van der Waals surface area (Å²) in [4.78, 5) is 0. The van der Waals surface area contributed by atoms with Gasteiger partial charge in [-0.15, -0.1) is 10.2 Å². The van der Waals surface area contributed by atoms with Crippen molar-refractivity contribution >= 4 is 11.8 Å². The Morgan fingerprint density at radius 1 is 1.00 bits per heavy atom. The summed E-state index contributed by atoms with van der Waals surface area (Å²) < 4.78 is 5.49. The molecule has 0 N–H and O–H groups in total. The van der Waals surface area contributed by atoms with Crippen LogP contribution in [0.1, 0.15) is 46.6 Å². The van der Waals surface area contributed by atoms with Crippen LogP contribution in [0, 0.1) is 6.92 Å². The summed E-state index contributed by atoms with van der Waals surface area (Å²) in [6.07, 6.45) is 1.25. The minimum Gasteiger partial charge on any atom is -0.411 e. The van der Waals surface area contributed by atoms with Gasteiger partial charge in [0.2, 0.25) is 5.89 Å². The highest BCUT2D eigenvalue weighted by molar-refractivity contribution is 7.99. The highest BCUT2D eigenvalue weighted by Crippen LogP contribution is 2.22. The number of benzene rings is 1. The number of aryl methyl sites for hydroxylation is 1. The molecule has 0 atom stereocenters. The molecule has 20 heavy (non-hydrogen) atoms. The van der Waals surface area contributed by atoms with Crippen LogP contribution in [0.2, 0.25) is 0 Å². The van der Waals surface area contributed by atoms with E-state index in [2.05, 4.69) is 37.9 Å². The highest BCUT2D eigenvalue weighted by atomic mass is 32.2. The van der Waals surface area contributed by atoms with Gasteiger partial charge in [-0.2, -0.15) is 0 Å². The van der Waals surface area contributed by atoms with Crippen LogP contribution < -0.4 is 0 Å². The van der Waals surface area contributed by atoms with E-state index in [1.54, 1.807) is 11.8 Å². The Balaban J connectivity index is 0.000000641. The van der Waals surface area contributed by atoms with E-state index in [9.17, 15) is 0 Å². The summed E-state index contributed by atoms with van der Waals surface area (Å²) in [6, 6.07) is 8.05. The molecule has 0 saturated heterocycles. The van der Waals surface area contributed by atoms with E-state index in [1.807, 2.05) is 38.1 Å². The van der Waals surface area contributed by atoms with Gasteiger partial charge in [-0.1, -0.05) is 70.5 Å². The molecule has 0 aliphatic rings. The minimum atomic E-state index is 0.589. The molecule has 1 aromatic carbocycles. The predicted molar refractivity (Wildman–Crippen MR) is 88.2 cm³/mol. The number of thioether (sulfide) groups is 1. The van der Waals surface area contributed by atoms with Crippen molar-refractivity contribution in [2.45, 2.75) is 53.2 Å². The zero-order valence-corrected chi connectivity index (χ0v) is 14.3. The topological polar surface area (TPSA) is 38.9 Å². The van der Waals surface area contributed by atoms with Gasteiger partial charge in [-0.05, 0) is 24.8 Å². The molecule has 0 spiro atoms. The van der Waals surface area contributed by atoms with Crippen LogP contribution in [-0.2, 0) is 0 Å². The van der Waals surface area contributed by atoms with E-state index in [0.29, 0.717) is 11.1 Å². The maximum Gasteiger partial charge on any atom is 0.276 e. The van der Waals surface area contributed by atoms with Crippen molar-refractivity contribution in [1.82, 2.24) is 10.2 Å². The quantitative estimate of drug-likeness (QED) is 0.691. The molecule has 2 aromatic rings. The Labute approximate surface area is 127 Å². The largest absolute Gasteiger partial charge is 0.411 e. The SMILES string of the molecule is CC.CCC.CCSc1nnc(-c2ccc(C)cc2)o1. The number of aromatic nitrogens is 2. The molecule has 0 bridgehead atoms. The Bertz CT molecular complexity index is 452. The van der Waals surface area contributed by atoms with E-state index < -0.39 is 0 Å². The van der Waals surface area contributed by atoms with Crippen molar-refractivity contribution in [3.63, 3.8) is 0 Å². The molecular weight excluding hydrogens is 268 g/mol. The lowest BCUT2D eigenvalue weighted by Gasteiger charge is -1.94. The summed E-state index contributed by atoms with van der Waals surface area (Å²) >= 11 is 1.55. The fourth-order valence-corrected chi connectivity index (χ4v) is 1.69. The van der Waals surface area contributed by atoms with Crippen LogP contribution in [0.3, 0.4) is 0 Å². The standard InChI is InChI=1S/C11H12N2OS.C3H8.C2H6/c1-3-15-11-13-12-10(14-11)9-6-4-8(2)5-7-9;1-3-2;1-2/h4-7H,3H2,1-2H3;3H2,1-2H3;1-2H3. The summed E-state index contributed by atoms with van der Waals surface area (Å²) in [5.41, 5.74) is 2.19. The first-order valence-electron chi connectivity index (χ1n) is 7.24. The van der Waals surface area contributed by atoms with Crippen LogP contribution >= 0.6 is 11.8 Å². The summed E-state index contributed by atoms with van der Waals surface area (Å²) in [5.74, 6) is 1.53. The molecule has 0 aliphatic heterocycles. The van der Waals surface area contributed by atoms with Crippen molar-refractivity contribution in [3.05, 3.63) is 29.8 Å². The van der Waals surface area contributed by atoms with Gasteiger partial charge in [-0.3, -0.25) is 0 Å². The third-order valence-corrected chi connectivity index (χ3v) is 2.67. The van der Waals surface area contributed by atoms with Crippen LogP contribution in [0.25, 0.3) is 11.5 Å². The van der Waals surface area contributed by atoms with Gasteiger partial charge in [0.15, 0.2) is 0 Å². The fourth-order valence-electron chi connectivity index (χ4n) is 1.20. The maximum absolute atomic E-state index is 5.49. The Hall–Kier alpha value is -1.29. The second kappa shape index (κ2) is 11.5. The van der Waals surface area contributed by atoms with Gasteiger partial charge in [0.25, 0.3) is 5.22 Å². The third-order valence-electron chi connectivity index (χ3n) is 1.97. The van der Waals surface area contributed by atoms with Crippen molar-refractivity contribution in [3.8, 4) is 11.5 Å². The van der Waals surface area contributed by atoms with E-state index >= 15 is 0 Å². The molecule has 2 rings (SSSR count). The maximum atomic E-state index is 5.49. The summed E-state index contributed by atoms with van der Waals surface area (Å²) in [5, 5.41) is 8.58. The van der Waals surface area contributed by atoms with E-state index in [1.165, 1.54) is 12.0 Å². The van der Waals surface area contributed by atoms with E-state index in [-0.39, 0.29) is 0 Å². The molecule has 0 unspecified atom stereocenters. The molecule has 0 aliphatic carbocycles. The van der Waals surface area contributed by atoms with E-state index in [0.717, 1.165) is 11.3 Å². The smallest absolute Gasteiger partial charge is 0.276 e. The van der Waals surface area contributed by atoms with Gasteiger partial charge < -0.3 is 4.42 Å². The second-order valence-corrected chi connectivity index (χ2v) is 5.09. The molecule has 0 radical (unpaired) electrons. The molecule has 112 valence electrons. The molecular formula is C16H26N2OS. The lowest BCUT2D eigenvalue weighted by atomic mass is 10.1. The lowest BCUT2D eigenvalue weighted by Crippen LogP contribution is -1.77. The molecule has 0 amide bonds. The van der Waals surface area contributed by atoms with Crippen LogP contribution in [0.4, 0.5) is 0 Å². The Morgan fingerprint density at radius 2 is 1.55 bits per heavy atom. The number of hydrogen-bond acceptors (Lipinski definition) is 4. The monoisotopic (exact) mass is 294 g/mol. The molecule has 0 saturated carbocycles. The van der Waals surface area contributed by atoms with Gasteiger partial charge in [0, 0.05) is 5.56 Å². The van der Waals surface area contributed by atoms with Gasteiger partial charge in [0.05, 0.1) is 0 Å². The zero-order valence-electron chi connectivity index (χ0n) is 13.4. The average molecular weight is 294 g/mol. The molecule has 0 fully saturated rings. The van der Waals surface area contributed by atoms with Crippen molar-refractivity contribution in [1.29, 1.82) is 0 Å². The third kappa shape index (κ3) is 6.75. The minimum absolute atomic E-state index is 0.589. The van der Waals surface area contributed by atoms with Crippen molar-refractivity contribution < 1.29 is 4.42 Å². The lowest BCUT2D eigenvalue weighted by molar-refractivity contribution is 0.466. The normalized spacial score (nSPS) is 9.10. The number of nitrogens with zero attached hydrogens (tertiary/aromatic N) is 2. The fraction of sp³-hybridized carbons (Fsp3) is 0.500. The Morgan fingerprint density at radius 3 is 2.05 bits per heavy atom. The molecule has 1 heterocycles. The van der Waals surface area contributed by atoms with Gasteiger partial charge >= 0.3 is 0 Å². The Kier molecular flexibility index (Phi) is 10.8. The van der Waals surface area contributed by atoms with Crippen molar-refractivity contribution in [2.24, 2.45) is 0 Å². The number of hydrogen-bond donors (Lipinski definition) is 0. The summed E-state index contributed by atoms with van der Waals surface area (Å²) in [7, 11) is 0. The van der Waals surface area contributed by atoms with Gasteiger partial charge in [0.1, 0.15) is 0 Å².